The van der Waals surface area contributed by atoms with Crippen LogP contribution in [0.15, 0.2) is 28.5 Å². The zero-order valence-electron chi connectivity index (χ0n) is 10.5. The molecule has 3 nitrogen and oxygen atoms in total. The van der Waals surface area contributed by atoms with Crippen LogP contribution in [-0.4, -0.2) is 16.7 Å². The smallest absolute Gasteiger partial charge is 0.259 e. The first-order chi connectivity index (χ1) is 7.97. The van der Waals surface area contributed by atoms with Crippen LogP contribution in [0.1, 0.15) is 20.8 Å². The summed E-state index contributed by atoms with van der Waals surface area (Å²) in [5, 5.41) is 6.17. The second-order valence-electron chi connectivity index (χ2n) is 5.19. The van der Waals surface area contributed by atoms with Crippen LogP contribution in [0.3, 0.4) is 0 Å². The Labute approximate surface area is 105 Å². The van der Waals surface area contributed by atoms with Crippen LogP contribution in [0.2, 0.25) is 0 Å². The molecule has 0 unspecified atom stereocenters. The molecule has 0 aliphatic carbocycles. The predicted molar refractivity (Wildman–Crippen MR) is 73.8 cm³/mol. The number of fused-ring (bicyclic) bond motifs is 1. The fourth-order valence-electron chi connectivity index (χ4n) is 1.73. The first kappa shape index (κ1) is 12.3. The lowest BCUT2D eigenvalue weighted by Gasteiger charge is -2.20. The number of thiophene rings is 1. The van der Waals surface area contributed by atoms with Gasteiger partial charge >= 0.3 is 0 Å². The van der Waals surface area contributed by atoms with Crippen molar-refractivity contribution in [3.8, 4) is 0 Å². The number of hydrogen-bond acceptors (Lipinski definition) is 3. The molecule has 0 atom stereocenters. The Bertz CT molecular complexity index is 563. The molecule has 2 rings (SSSR count). The number of pyridine rings is 1. The van der Waals surface area contributed by atoms with E-state index in [-0.39, 0.29) is 11.1 Å². The van der Waals surface area contributed by atoms with Crippen molar-refractivity contribution in [1.82, 2.24) is 9.88 Å². The molecular weight excluding hydrogens is 232 g/mol. The zero-order chi connectivity index (χ0) is 12.5. The number of nitrogens with zero attached hydrogens (tertiary/aromatic N) is 1. The molecule has 2 aromatic heterocycles. The highest BCUT2D eigenvalue weighted by atomic mass is 32.1. The van der Waals surface area contributed by atoms with E-state index in [1.54, 1.807) is 15.9 Å². The molecule has 1 N–H and O–H groups in total. The molecule has 0 bridgehead atoms. The highest BCUT2D eigenvalue weighted by Gasteiger charge is 2.08. The van der Waals surface area contributed by atoms with Crippen LogP contribution in [0, 0.1) is 0 Å². The molecule has 0 saturated carbocycles. The Balaban J connectivity index is 2.14. The maximum atomic E-state index is 12.1. The van der Waals surface area contributed by atoms with Gasteiger partial charge in [0.25, 0.3) is 5.56 Å². The van der Waals surface area contributed by atoms with Crippen LogP contribution in [0.25, 0.3) is 10.1 Å². The zero-order valence-corrected chi connectivity index (χ0v) is 11.3. The van der Waals surface area contributed by atoms with E-state index in [1.807, 2.05) is 23.7 Å². The highest BCUT2D eigenvalue weighted by molar-refractivity contribution is 7.17. The normalized spacial score (nSPS) is 12.2. The van der Waals surface area contributed by atoms with Crippen LogP contribution in [0.5, 0.6) is 0 Å². The van der Waals surface area contributed by atoms with Gasteiger partial charge in [-0.25, -0.2) is 0 Å². The third kappa shape index (κ3) is 2.96. The Morgan fingerprint density at radius 1 is 1.35 bits per heavy atom. The van der Waals surface area contributed by atoms with Crippen LogP contribution in [0.4, 0.5) is 0 Å². The van der Waals surface area contributed by atoms with E-state index in [9.17, 15) is 4.79 Å². The summed E-state index contributed by atoms with van der Waals surface area (Å²) in [6, 6.07) is 3.91. The first-order valence-corrected chi connectivity index (χ1v) is 6.67. The second-order valence-corrected chi connectivity index (χ2v) is 6.14. The van der Waals surface area contributed by atoms with Gasteiger partial charge in [-0.05, 0) is 38.3 Å². The third-order valence-corrected chi connectivity index (χ3v) is 3.48. The predicted octanol–water partition coefficient (Wildman–Crippen LogP) is 2.45. The largest absolute Gasteiger partial charge is 0.314 e. The first-order valence-electron chi connectivity index (χ1n) is 5.79. The van der Waals surface area contributed by atoms with Gasteiger partial charge in [0.15, 0.2) is 0 Å². The van der Waals surface area contributed by atoms with Crippen molar-refractivity contribution in [3.05, 3.63) is 34.1 Å². The average Bonchev–Trinajstić information content (AvgIpc) is 2.68. The molecule has 0 aromatic carbocycles. The average molecular weight is 250 g/mol. The standard InChI is InChI=1S/C13H18N2OS/c1-13(2,3)14-6-8-15-7-4-11-10(12(15)16)5-9-17-11/h4-5,7,9,14H,6,8H2,1-3H3. The summed E-state index contributed by atoms with van der Waals surface area (Å²) in [6.07, 6.45) is 1.88. The van der Waals surface area contributed by atoms with Crippen molar-refractivity contribution in [3.63, 3.8) is 0 Å². The van der Waals surface area contributed by atoms with Gasteiger partial charge in [0.1, 0.15) is 0 Å². The molecule has 0 aliphatic heterocycles. The summed E-state index contributed by atoms with van der Waals surface area (Å²) in [5.41, 5.74) is 0.204. The van der Waals surface area contributed by atoms with Gasteiger partial charge in [0.2, 0.25) is 0 Å². The van der Waals surface area contributed by atoms with Crippen molar-refractivity contribution < 1.29 is 0 Å². The highest BCUT2D eigenvalue weighted by Crippen LogP contribution is 2.15. The summed E-state index contributed by atoms with van der Waals surface area (Å²) in [7, 11) is 0. The van der Waals surface area contributed by atoms with E-state index >= 15 is 0 Å². The van der Waals surface area contributed by atoms with Gasteiger partial charge in [-0.2, -0.15) is 0 Å². The van der Waals surface area contributed by atoms with E-state index in [0.29, 0.717) is 6.54 Å². The van der Waals surface area contributed by atoms with Crippen molar-refractivity contribution in [1.29, 1.82) is 0 Å². The van der Waals surface area contributed by atoms with Crippen LogP contribution >= 0.6 is 11.3 Å². The second kappa shape index (κ2) is 4.63. The fraction of sp³-hybridized carbons (Fsp3) is 0.462. The molecule has 92 valence electrons. The molecule has 0 amide bonds. The van der Waals surface area contributed by atoms with Crippen molar-refractivity contribution in [2.75, 3.05) is 6.54 Å². The molecule has 0 fully saturated rings. The SMILES string of the molecule is CC(C)(C)NCCn1ccc2sccc2c1=O. The maximum absolute atomic E-state index is 12.1. The molecule has 2 heterocycles. The summed E-state index contributed by atoms with van der Waals surface area (Å²) >= 11 is 1.61. The molecule has 0 aliphatic rings. The minimum Gasteiger partial charge on any atom is -0.314 e. The topological polar surface area (TPSA) is 34.0 Å². The molecule has 0 saturated heterocycles. The minimum atomic E-state index is 0.0933. The summed E-state index contributed by atoms with van der Waals surface area (Å²) in [4.78, 5) is 12.1. The Morgan fingerprint density at radius 2 is 2.12 bits per heavy atom. The lowest BCUT2D eigenvalue weighted by Crippen LogP contribution is -2.39. The maximum Gasteiger partial charge on any atom is 0.259 e. The summed E-state index contributed by atoms with van der Waals surface area (Å²) in [6.45, 7) is 7.88. The molecule has 4 heteroatoms. The van der Waals surface area contributed by atoms with Crippen LogP contribution < -0.4 is 10.9 Å². The van der Waals surface area contributed by atoms with Crippen molar-refractivity contribution in [2.45, 2.75) is 32.9 Å². The number of hydrogen-bond donors (Lipinski definition) is 1. The molecule has 2 aromatic rings. The fourth-order valence-corrected chi connectivity index (χ4v) is 2.51. The number of rotatable bonds is 3. The van der Waals surface area contributed by atoms with Gasteiger partial charge in [-0.15, -0.1) is 11.3 Å². The van der Waals surface area contributed by atoms with Crippen LogP contribution in [-0.2, 0) is 6.54 Å². The Hall–Kier alpha value is -1.13. The van der Waals surface area contributed by atoms with Gasteiger partial charge in [-0.3, -0.25) is 4.79 Å². The molecule has 0 radical (unpaired) electrons. The van der Waals surface area contributed by atoms with Gasteiger partial charge < -0.3 is 9.88 Å². The lowest BCUT2D eigenvalue weighted by molar-refractivity contribution is 0.411. The van der Waals surface area contributed by atoms with E-state index in [2.05, 4.69) is 26.1 Å². The number of aromatic nitrogens is 1. The van der Waals surface area contributed by atoms with Gasteiger partial charge in [0, 0.05) is 29.5 Å². The summed E-state index contributed by atoms with van der Waals surface area (Å²) < 4.78 is 2.84. The molecule has 17 heavy (non-hydrogen) atoms. The van der Waals surface area contributed by atoms with Crippen molar-refractivity contribution in [2.24, 2.45) is 0 Å². The number of nitrogens with one attached hydrogen (secondary N) is 1. The molecular formula is C13H18N2OS. The minimum absolute atomic E-state index is 0.0933. The van der Waals surface area contributed by atoms with E-state index in [1.165, 1.54) is 0 Å². The Kier molecular flexibility index (Phi) is 3.35. The monoisotopic (exact) mass is 250 g/mol. The lowest BCUT2D eigenvalue weighted by atomic mass is 10.1. The quantitative estimate of drug-likeness (QED) is 0.908. The van der Waals surface area contributed by atoms with Gasteiger partial charge in [0.05, 0.1) is 5.39 Å². The van der Waals surface area contributed by atoms with Crippen molar-refractivity contribution >= 4 is 21.4 Å². The van der Waals surface area contributed by atoms with E-state index in [4.69, 9.17) is 0 Å². The van der Waals surface area contributed by atoms with E-state index < -0.39 is 0 Å². The molecule has 0 spiro atoms. The summed E-state index contributed by atoms with van der Waals surface area (Å²) in [5.74, 6) is 0. The Morgan fingerprint density at radius 3 is 2.82 bits per heavy atom. The van der Waals surface area contributed by atoms with E-state index in [0.717, 1.165) is 16.6 Å². The van der Waals surface area contributed by atoms with Gasteiger partial charge in [-0.1, -0.05) is 0 Å². The third-order valence-electron chi connectivity index (χ3n) is 2.60.